The van der Waals surface area contributed by atoms with Crippen LogP contribution in [-0.4, -0.2) is 55.1 Å². The second-order valence-corrected chi connectivity index (χ2v) is 5.39. The Hall–Kier alpha value is -0.770. The summed E-state index contributed by atoms with van der Waals surface area (Å²) in [6.07, 6.45) is 4.91. The molecule has 2 fully saturated rings. The van der Waals surface area contributed by atoms with E-state index >= 15 is 0 Å². The van der Waals surface area contributed by atoms with Gasteiger partial charge in [0.2, 0.25) is 0 Å². The van der Waals surface area contributed by atoms with E-state index in [1.54, 1.807) is 0 Å². The Morgan fingerprint density at radius 1 is 1.35 bits per heavy atom. The Labute approximate surface area is 104 Å². The summed E-state index contributed by atoms with van der Waals surface area (Å²) >= 11 is 0. The zero-order valence-corrected chi connectivity index (χ0v) is 11.1. The van der Waals surface area contributed by atoms with Gasteiger partial charge in [0, 0.05) is 26.2 Å². The van der Waals surface area contributed by atoms with Crippen LogP contribution >= 0.6 is 0 Å². The third kappa shape index (κ3) is 3.35. The molecule has 0 bridgehead atoms. The van der Waals surface area contributed by atoms with Gasteiger partial charge in [-0.15, -0.1) is 0 Å². The lowest BCUT2D eigenvalue weighted by molar-refractivity contribution is 0.147. The van der Waals surface area contributed by atoms with Crippen LogP contribution in [0.5, 0.6) is 0 Å². The third-order valence-corrected chi connectivity index (χ3v) is 3.89. The first kappa shape index (κ1) is 12.7. The van der Waals surface area contributed by atoms with Crippen LogP contribution in [0, 0.1) is 5.92 Å². The van der Waals surface area contributed by atoms with Gasteiger partial charge in [0.25, 0.3) is 0 Å². The number of piperidine rings is 1. The monoisotopic (exact) mass is 239 g/mol. The van der Waals surface area contributed by atoms with Crippen LogP contribution in [-0.2, 0) is 0 Å². The number of urea groups is 1. The first-order valence-corrected chi connectivity index (χ1v) is 6.94. The van der Waals surface area contributed by atoms with Gasteiger partial charge in [-0.1, -0.05) is 0 Å². The fourth-order valence-corrected chi connectivity index (χ4v) is 2.48. The second kappa shape index (κ2) is 5.71. The summed E-state index contributed by atoms with van der Waals surface area (Å²) in [6.45, 7) is 5.99. The van der Waals surface area contributed by atoms with Crippen LogP contribution in [0.1, 0.15) is 32.6 Å². The van der Waals surface area contributed by atoms with E-state index in [9.17, 15) is 4.79 Å². The first-order valence-electron chi connectivity index (χ1n) is 6.94. The van der Waals surface area contributed by atoms with Crippen molar-refractivity contribution >= 4 is 6.03 Å². The van der Waals surface area contributed by atoms with Gasteiger partial charge in [-0.05, 0) is 51.6 Å². The molecule has 1 heterocycles. The first-order chi connectivity index (χ1) is 8.22. The van der Waals surface area contributed by atoms with Crippen LogP contribution in [0.4, 0.5) is 4.79 Å². The van der Waals surface area contributed by atoms with Crippen molar-refractivity contribution in [3.8, 4) is 0 Å². The average Bonchev–Trinajstić information content (AvgIpc) is 3.19. The molecule has 0 aromatic carbocycles. The van der Waals surface area contributed by atoms with Gasteiger partial charge < -0.3 is 15.1 Å². The number of nitrogens with one attached hydrogen (secondary N) is 1. The van der Waals surface area contributed by atoms with Gasteiger partial charge in [-0.25, -0.2) is 4.79 Å². The van der Waals surface area contributed by atoms with Crippen molar-refractivity contribution in [1.29, 1.82) is 0 Å². The summed E-state index contributed by atoms with van der Waals surface area (Å²) in [5.41, 5.74) is 0. The molecule has 1 unspecified atom stereocenters. The van der Waals surface area contributed by atoms with Gasteiger partial charge in [0.15, 0.2) is 0 Å². The topological polar surface area (TPSA) is 35.6 Å². The molecule has 0 spiro atoms. The van der Waals surface area contributed by atoms with Crippen LogP contribution in [0.15, 0.2) is 0 Å². The molecule has 1 atom stereocenters. The van der Waals surface area contributed by atoms with Crippen molar-refractivity contribution in [1.82, 2.24) is 15.1 Å². The van der Waals surface area contributed by atoms with Crippen molar-refractivity contribution in [2.75, 3.05) is 33.2 Å². The maximum absolute atomic E-state index is 12.3. The lowest BCUT2D eigenvalue weighted by Crippen LogP contribution is -2.47. The highest BCUT2D eigenvalue weighted by Gasteiger charge is 2.35. The SMILES string of the molecule is CCN(C)C(=O)N(CC1CCCNC1)C1CC1. The van der Waals surface area contributed by atoms with E-state index in [4.69, 9.17) is 0 Å². The fraction of sp³-hybridized carbons (Fsp3) is 0.923. The third-order valence-electron chi connectivity index (χ3n) is 3.89. The molecule has 1 saturated carbocycles. The zero-order valence-electron chi connectivity index (χ0n) is 11.1. The number of hydrogen-bond acceptors (Lipinski definition) is 2. The molecular formula is C13H25N3O. The minimum absolute atomic E-state index is 0.223. The summed E-state index contributed by atoms with van der Waals surface area (Å²) in [6, 6.07) is 0.749. The number of hydrogen-bond donors (Lipinski definition) is 1. The van der Waals surface area contributed by atoms with E-state index in [1.165, 1.54) is 25.7 Å². The molecule has 0 aromatic heterocycles. The smallest absolute Gasteiger partial charge is 0.319 e. The summed E-state index contributed by atoms with van der Waals surface area (Å²) in [5, 5.41) is 3.43. The summed E-state index contributed by atoms with van der Waals surface area (Å²) < 4.78 is 0. The molecule has 1 aliphatic carbocycles. The molecule has 1 aliphatic heterocycles. The highest BCUT2D eigenvalue weighted by atomic mass is 16.2. The summed E-state index contributed by atoms with van der Waals surface area (Å²) in [7, 11) is 1.90. The number of carbonyl (C=O) groups is 1. The minimum atomic E-state index is 0.223. The molecule has 1 N–H and O–H groups in total. The van der Waals surface area contributed by atoms with Crippen LogP contribution in [0.3, 0.4) is 0 Å². The molecule has 0 radical (unpaired) electrons. The summed E-state index contributed by atoms with van der Waals surface area (Å²) in [4.78, 5) is 16.2. The molecule has 98 valence electrons. The number of carbonyl (C=O) groups excluding carboxylic acids is 1. The molecule has 2 amide bonds. The van der Waals surface area contributed by atoms with Crippen LogP contribution in [0.25, 0.3) is 0 Å². The molecule has 4 nitrogen and oxygen atoms in total. The molecular weight excluding hydrogens is 214 g/mol. The van der Waals surface area contributed by atoms with Crippen molar-refractivity contribution in [3.63, 3.8) is 0 Å². The normalized spacial score (nSPS) is 24.5. The predicted octanol–water partition coefficient (Wildman–Crippen LogP) is 1.52. The van der Waals surface area contributed by atoms with Crippen LogP contribution < -0.4 is 5.32 Å². The highest BCUT2D eigenvalue weighted by molar-refractivity contribution is 5.74. The Morgan fingerprint density at radius 2 is 2.12 bits per heavy atom. The van der Waals surface area contributed by atoms with Gasteiger partial charge in [-0.2, -0.15) is 0 Å². The average molecular weight is 239 g/mol. The molecule has 17 heavy (non-hydrogen) atoms. The van der Waals surface area contributed by atoms with Gasteiger partial charge in [-0.3, -0.25) is 0 Å². The van der Waals surface area contributed by atoms with E-state index in [0.29, 0.717) is 12.0 Å². The maximum Gasteiger partial charge on any atom is 0.319 e. The Morgan fingerprint density at radius 3 is 2.65 bits per heavy atom. The Kier molecular flexibility index (Phi) is 4.26. The number of nitrogens with zero attached hydrogens (tertiary/aromatic N) is 2. The standard InChI is InChI=1S/C13H25N3O/c1-3-15(2)13(17)16(12-6-7-12)10-11-5-4-8-14-9-11/h11-12,14H,3-10H2,1-2H3. The lowest BCUT2D eigenvalue weighted by Gasteiger charge is -2.32. The van der Waals surface area contributed by atoms with Crippen molar-refractivity contribution in [2.45, 2.75) is 38.6 Å². The molecule has 0 aromatic rings. The Bertz CT molecular complexity index is 259. The van der Waals surface area contributed by atoms with E-state index in [2.05, 4.69) is 10.2 Å². The van der Waals surface area contributed by atoms with Gasteiger partial charge >= 0.3 is 6.03 Å². The second-order valence-electron chi connectivity index (χ2n) is 5.39. The van der Waals surface area contributed by atoms with E-state index < -0.39 is 0 Å². The number of amides is 2. The quantitative estimate of drug-likeness (QED) is 0.807. The van der Waals surface area contributed by atoms with Gasteiger partial charge in [0.1, 0.15) is 0 Å². The van der Waals surface area contributed by atoms with E-state index in [1.807, 2.05) is 18.9 Å². The highest BCUT2D eigenvalue weighted by Crippen LogP contribution is 2.29. The predicted molar refractivity (Wildman–Crippen MR) is 69.0 cm³/mol. The Balaban J connectivity index is 1.89. The summed E-state index contributed by atoms with van der Waals surface area (Å²) in [5.74, 6) is 0.651. The van der Waals surface area contributed by atoms with E-state index in [-0.39, 0.29) is 6.03 Å². The minimum Gasteiger partial charge on any atom is -0.328 e. The number of rotatable bonds is 4. The van der Waals surface area contributed by atoms with Crippen molar-refractivity contribution in [2.24, 2.45) is 5.92 Å². The molecule has 2 rings (SSSR count). The molecule has 4 heteroatoms. The molecule has 2 aliphatic rings. The molecule has 1 saturated heterocycles. The lowest BCUT2D eigenvalue weighted by atomic mass is 9.99. The van der Waals surface area contributed by atoms with Crippen molar-refractivity contribution < 1.29 is 4.79 Å². The fourth-order valence-electron chi connectivity index (χ4n) is 2.48. The van der Waals surface area contributed by atoms with Crippen LogP contribution in [0.2, 0.25) is 0 Å². The largest absolute Gasteiger partial charge is 0.328 e. The van der Waals surface area contributed by atoms with Crippen molar-refractivity contribution in [3.05, 3.63) is 0 Å². The van der Waals surface area contributed by atoms with E-state index in [0.717, 1.165) is 26.2 Å². The maximum atomic E-state index is 12.3. The zero-order chi connectivity index (χ0) is 12.3. The van der Waals surface area contributed by atoms with Gasteiger partial charge in [0.05, 0.1) is 0 Å².